The second-order valence-electron chi connectivity index (χ2n) is 6.20. The van der Waals surface area contributed by atoms with Gasteiger partial charge in [0.1, 0.15) is 5.75 Å². The Morgan fingerprint density at radius 2 is 2.05 bits per heavy atom. The third kappa shape index (κ3) is 4.71. The van der Waals surface area contributed by atoms with Crippen LogP contribution in [0.3, 0.4) is 0 Å². The van der Waals surface area contributed by atoms with Crippen LogP contribution in [0.2, 0.25) is 0 Å². The van der Waals surface area contributed by atoms with E-state index in [1.54, 1.807) is 0 Å². The maximum Gasteiger partial charge on any atom is 0.121 e. The summed E-state index contributed by atoms with van der Waals surface area (Å²) in [6.45, 7) is 9.11. The largest absolute Gasteiger partial charge is 0.493 e. The zero-order chi connectivity index (χ0) is 14.4. The molecule has 0 saturated carbocycles. The Hall–Kier alpha value is -1.22. The van der Waals surface area contributed by atoms with Gasteiger partial charge in [0.15, 0.2) is 0 Å². The highest BCUT2D eigenvalue weighted by Gasteiger charge is 2.20. The summed E-state index contributed by atoms with van der Waals surface area (Å²) < 4.78 is 5.73. The number of hydrogen-bond acceptors (Lipinski definition) is 3. The van der Waals surface area contributed by atoms with Gasteiger partial charge >= 0.3 is 0 Å². The van der Waals surface area contributed by atoms with E-state index in [1.807, 2.05) is 24.3 Å². The maximum atomic E-state index is 5.73. The number of nitrogens with zero attached hydrogens (tertiary/aromatic N) is 1. The van der Waals surface area contributed by atoms with Gasteiger partial charge in [0.25, 0.3) is 0 Å². The highest BCUT2D eigenvalue weighted by atomic mass is 16.5. The van der Waals surface area contributed by atoms with E-state index in [0.717, 1.165) is 42.8 Å². The first-order valence-corrected chi connectivity index (χ1v) is 7.86. The Kier molecular flexibility index (Phi) is 5.72. The Labute approximate surface area is 123 Å². The average molecular weight is 276 g/mol. The molecule has 1 fully saturated rings. The quantitative estimate of drug-likeness (QED) is 0.639. The number of hydrogen-bond donors (Lipinski definition) is 1. The Morgan fingerprint density at radius 1 is 1.30 bits per heavy atom. The zero-order valence-electron chi connectivity index (χ0n) is 12.8. The summed E-state index contributed by atoms with van der Waals surface area (Å²) in [4.78, 5) is 2.57. The fraction of sp³-hybridized carbons (Fsp3) is 0.647. The number of likely N-dealkylation sites (tertiary alicyclic amines) is 1. The summed E-state index contributed by atoms with van der Waals surface area (Å²) in [5.41, 5.74) is 6.49. The topological polar surface area (TPSA) is 38.5 Å². The molecule has 112 valence electrons. The molecule has 0 unspecified atom stereocenters. The molecule has 3 heteroatoms. The predicted octanol–water partition coefficient (Wildman–Crippen LogP) is 3.41. The molecule has 2 N–H and O–H groups in total. The van der Waals surface area contributed by atoms with E-state index >= 15 is 0 Å². The lowest BCUT2D eigenvalue weighted by Gasteiger charge is -2.33. The minimum atomic E-state index is 0.762. The van der Waals surface area contributed by atoms with E-state index in [-0.39, 0.29) is 0 Å². The van der Waals surface area contributed by atoms with Crippen molar-refractivity contribution in [2.75, 3.05) is 32.0 Å². The van der Waals surface area contributed by atoms with E-state index in [4.69, 9.17) is 10.5 Å². The third-order valence-corrected chi connectivity index (χ3v) is 4.32. The molecule has 0 radical (unpaired) electrons. The van der Waals surface area contributed by atoms with Crippen molar-refractivity contribution in [3.8, 4) is 5.75 Å². The van der Waals surface area contributed by atoms with Crippen LogP contribution in [0.5, 0.6) is 5.75 Å². The van der Waals surface area contributed by atoms with E-state index in [0.29, 0.717) is 0 Å². The Bertz CT molecular complexity index is 398. The Balaban J connectivity index is 1.60. The van der Waals surface area contributed by atoms with E-state index in [9.17, 15) is 0 Å². The van der Waals surface area contributed by atoms with Crippen molar-refractivity contribution in [1.82, 2.24) is 4.90 Å². The number of rotatable bonds is 6. The van der Waals surface area contributed by atoms with Crippen molar-refractivity contribution in [3.05, 3.63) is 24.3 Å². The molecule has 1 aromatic carbocycles. The molecular formula is C17H28N2O. The number of nitrogen functional groups attached to an aromatic ring is 1. The van der Waals surface area contributed by atoms with Crippen LogP contribution in [-0.4, -0.2) is 31.1 Å². The van der Waals surface area contributed by atoms with Crippen LogP contribution < -0.4 is 10.5 Å². The SMILES string of the molecule is CC(C)C1CCN(CCCOc2cccc(N)c2)CC1. The summed E-state index contributed by atoms with van der Waals surface area (Å²) >= 11 is 0. The Morgan fingerprint density at radius 3 is 2.70 bits per heavy atom. The summed E-state index contributed by atoms with van der Waals surface area (Å²) in [7, 11) is 0. The molecule has 1 aromatic rings. The molecule has 3 nitrogen and oxygen atoms in total. The molecule has 0 bridgehead atoms. The number of anilines is 1. The van der Waals surface area contributed by atoms with Gasteiger partial charge in [-0.3, -0.25) is 0 Å². The lowest BCUT2D eigenvalue weighted by atomic mass is 9.87. The molecule has 0 atom stereocenters. The maximum absolute atomic E-state index is 5.73. The van der Waals surface area contributed by atoms with Crippen molar-refractivity contribution in [1.29, 1.82) is 0 Å². The van der Waals surface area contributed by atoms with Gasteiger partial charge in [-0.25, -0.2) is 0 Å². The molecule has 0 amide bonds. The molecule has 0 aromatic heterocycles. The fourth-order valence-corrected chi connectivity index (χ4v) is 2.93. The lowest BCUT2D eigenvalue weighted by molar-refractivity contribution is 0.149. The average Bonchev–Trinajstić information content (AvgIpc) is 2.44. The van der Waals surface area contributed by atoms with Gasteiger partial charge in [-0.15, -0.1) is 0 Å². The van der Waals surface area contributed by atoms with Crippen LogP contribution in [0.25, 0.3) is 0 Å². The smallest absolute Gasteiger partial charge is 0.121 e. The van der Waals surface area contributed by atoms with Crippen molar-refractivity contribution in [2.24, 2.45) is 11.8 Å². The third-order valence-electron chi connectivity index (χ3n) is 4.32. The minimum Gasteiger partial charge on any atom is -0.493 e. The van der Waals surface area contributed by atoms with Crippen molar-refractivity contribution in [2.45, 2.75) is 33.1 Å². The second-order valence-corrected chi connectivity index (χ2v) is 6.20. The standard InChI is InChI=1S/C17H28N2O/c1-14(2)15-7-10-19(11-8-15)9-4-12-20-17-6-3-5-16(18)13-17/h3,5-6,13-15H,4,7-12,18H2,1-2H3. The molecular weight excluding hydrogens is 248 g/mol. The fourth-order valence-electron chi connectivity index (χ4n) is 2.93. The monoisotopic (exact) mass is 276 g/mol. The van der Waals surface area contributed by atoms with Gasteiger partial charge in [-0.05, 0) is 56.3 Å². The van der Waals surface area contributed by atoms with Crippen LogP contribution in [0, 0.1) is 11.8 Å². The molecule has 1 saturated heterocycles. The summed E-state index contributed by atoms with van der Waals surface area (Å²) in [5, 5.41) is 0. The van der Waals surface area contributed by atoms with E-state index in [1.165, 1.54) is 25.9 Å². The van der Waals surface area contributed by atoms with Crippen molar-refractivity contribution >= 4 is 5.69 Å². The van der Waals surface area contributed by atoms with Gasteiger partial charge < -0.3 is 15.4 Å². The van der Waals surface area contributed by atoms with Crippen LogP contribution in [-0.2, 0) is 0 Å². The number of ether oxygens (including phenoxy) is 1. The number of benzene rings is 1. The second kappa shape index (κ2) is 7.53. The van der Waals surface area contributed by atoms with Crippen LogP contribution >= 0.6 is 0 Å². The highest BCUT2D eigenvalue weighted by molar-refractivity contribution is 5.43. The zero-order valence-corrected chi connectivity index (χ0v) is 12.8. The predicted molar refractivity (Wildman–Crippen MR) is 85.0 cm³/mol. The lowest BCUT2D eigenvalue weighted by Crippen LogP contribution is -2.36. The summed E-state index contributed by atoms with van der Waals surface area (Å²) in [6, 6.07) is 7.66. The van der Waals surface area contributed by atoms with Gasteiger partial charge in [0, 0.05) is 18.3 Å². The minimum absolute atomic E-state index is 0.762. The number of piperidine rings is 1. The molecule has 20 heavy (non-hydrogen) atoms. The van der Waals surface area contributed by atoms with E-state index in [2.05, 4.69) is 18.7 Å². The van der Waals surface area contributed by atoms with Gasteiger partial charge in [-0.2, -0.15) is 0 Å². The van der Waals surface area contributed by atoms with Gasteiger partial charge in [-0.1, -0.05) is 19.9 Å². The molecule has 0 aliphatic carbocycles. The highest BCUT2D eigenvalue weighted by Crippen LogP contribution is 2.24. The first-order chi connectivity index (χ1) is 9.65. The summed E-state index contributed by atoms with van der Waals surface area (Å²) in [5.74, 6) is 2.64. The molecule has 0 spiro atoms. The van der Waals surface area contributed by atoms with E-state index < -0.39 is 0 Å². The molecule has 1 aliphatic rings. The van der Waals surface area contributed by atoms with Crippen molar-refractivity contribution in [3.63, 3.8) is 0 Å². The first kappa shape index (κ1) is 15.2. The summed E-state index contributed by atoms with van der Waals surface area (Å²) in [6.07, 6.45) is 3.79. The van der Waals surface area contributed by atoms with Crippen molar-refractivity contribution < 1.29 is 4.74 Å². The first-order valence-electron chi connectivity index (χ1n) is 7.86. The van der Waals surface area contributed by atoms with Gasteiger partial charge in [0.05, 0.1) is 6.61 Å². The molecule has 2 rings (SSSR count). The number of nitrogens with two attached hydrogens (primary N) is 1. The molecule has 1 heterocycles. The molecule has 1 aliphatic heterocycles. The van der Waals surface area contributed by atoms with Gasteiger partial charge in [0.2, 0.25) is 0 Å². The van der Waals surface area contributed by atoms with Crippen LogP contribution in [0.1, 0.15) is 33.1 Å². The normalized spacial score (nSPS) is 17.6. The van der Waals surface area contributed by atoms with Crippen LogP contribution in [0.15, 0.2) is 24.3 Å². The van der Waals surface area contributed by atoms with Crippen LogP contribution in [0.4, 0.5) is 5.69 Å².